The van der Waals surface area contributed by atoms with Crippen molar-refractivity contribution in [3.63, 3.8) is 0 Å². The lowest BCUT2D eigenvalue weighted by Crippen LogP contribution is -2.36. The van der Waals surface area contributed by atoms with Gasteiger partial charge >= 0.3 is 0 Å². The number of hydrogen-bond acceptors (Lipinski definition) is 4. The van der Waals surface area contributed by atoms with Gasteiger partial charge in [-0.1, -0.05) is 11.9 Å². The van der Waals surface area contributed by atoms with Crippen molar-refractivity contribution in [1.82, 2.24) is 14.5 Å². The normalized spacial score (nSPS) is 12.0. The van der Waals surface area contributed by atoms with Crippen LogP contribution in [0.15, 0.2) is 0 Å². The summed E-state index contributed by atoms with van der Waals surface area (Å²) in [6.07, 6.45) is 2.06. The van der Waals surface area contributed by atoms with E-state index in [-0.39, 0.29) is 0 Å². The maximum absolute atomic E-state index is 3.25. The van der Waals surface area contributed by atoms with Gasteiger partial charge in [-0.3, -0.25) is 4.72 Å². The molecule has 0 heterocycles. The van der Waals surface area contributed by atoms with E-state index in [2.05, 4.69) is 48.7 Å². The second kappa shape index (κ2) is 8.53. The van der Waals surface area contributed by atoms with Gasteiger partial charge in [-0.05, 0) is 34.2 Å². The highest BCUT2D eigenvalue weighted by molar-refractivity contribution is 7.96. The molecular weight excluding hydrogens is 194 g/mol. The van der Waals surface area contributed by atoms with Gasteiger partial charge in [0.1, 0.15) is 0 Å². The zero-order chi connectivity index (χ0) is 11.0. The van der Waals surface area contributed by atoms with Gasteiger partial charge in [0.25, 0.3) is 0 Å². The first-order chi connectivity index (χ1) is 6.57. The summed E-state index contributed by atoms with van der Waals surface area (Å²) in [6, 6.07) is 0.646. The van der Waals surface area contributed by atoms with Crippen molar-refractivity contribution in [1.29, 1.82) is 0 Å². The van der Waals surface area contributed by atoms with E-state index in [0.29, 0.717) is 6.04 Å². The van der Waals surface area contributed by atoms with Crippen LogP contribution >= 0.6 is 11.9 Å². The van der Waals surface area contributed by atoms with Crippen molar-refractivity contribution in [2.24, 2.45) is 0 Å². The third-order valence-electron chi connectivity index (χ3n) is 2.46. The molecule has 0 atom stereocenters. The molecule has 0 aliphatic carbocycles. The first-order valence-electron chi connectivity index (χ1n) is 5.22. The Kier molecular flexibility index (Phi) is 8.67. The molecule has 0 unspecified atom stereocenters. The van der Waals surface area contributed by atoms with Crippen molar-refractivity contribution in [3.05, 3.63) is 0 Å². The van der Waals surface area contributed by atoms with E-state index < -0.39 is 0 Å². The van der Waals surface area contributed by atoms with E-state index in [1.807, 2.05) is 0 Å². The Balaban J connectivity index is 3.38. The van der Waals surface area contributed by atoms with E-state index in [0.717, 1.165) is 26.2 Å². The number of hydrogen-bond donors (Lipinski definition) is 1. The van der Waals surface area contributed by atoms with Crippen molar-refractivity contribution in [3.8, 4) is 0 Å². The average Bonchev–Trinajstić information content (AvgIpc) is 2.14. The fourth-order valence-corrected chi connectivity index (χ4v) is 1.33. The molecule has 0 aliphatic heterocycles. The van der Waals surface area contributed by atoms with E-state index in [1.165, 1.54) is 0 Å². The van der Waals surface area contributed by atoms with Gasteiger partial charge in [-0.2, -0.15) is 0 Å². The highest BCUT2D eigenvalue weighted by atomic mass is 32.2. The first kappa shape index (κ1) is 14.2. The highest BCUT2D eigenvalue weighted by Crippen LogP contribution is 1.93. The summed E-state index contributed by atoms with van der Waals surface area (Å²) in [4.78, 5) is 4.74. The largest absolute Gasteiger partial charge is 0.304 e. The van der Waals surface area contributed by atoms with Crippen LogP contribution in [0.25, 0.3) is 0 Å². The van der Waals surface area contributed by atoms with Gasteiger partial charge in [-0.25, -0.2) is 0 Å². The summed E-state index contributed by atoms with van der Waals surface area (Å²) >= 11 is 1.69. The summed E-state index contributed by atoms with van der Waals surface area (Å²) in [5.74, 6) is 0. The van der Waals surface area contributed by atoms with E-state index in [1.54, 1.807) is 11.9 Å². The lowest BCUT2D eigenvalue weighted by Gasteiger charge is -2.24. The van der Waals surface area contributed by atoms with Gasteiger partial charge in [0.15, 0.2) is 0 Å². The SMILES string of the molecule is CSNCCN(C)CCN(C)C(C)C. The standard InChI is InChI=1S/C10H25N3S/c1-10(2)13(4)9-8-12(3)7-6-11-14-5/h10-11H,6-9H2,1-5H3. The molecule has 0 saturated carbocycles. The Morgan fingerprint density at radius 3 is 2.29 bits per heavy atom. The molecule has 0 aromatic heterocycles. The monoisotopic (exact) mass is 219 g/mol. The molecule has 0 rings (SSSR count). The fourth-order valence-electron chi connectivity index (χ4n) is 1.04. The van der Waals surface area contributed by atoms with Crippen LogP contribution in [0.3, 0.4) is 0 Å². The van der Waals surface area contributed by atoms with Crippen molar-refractivity contribution < 1.29 is 0 Å². The quantitative estimate of drug-likeness (QED) is 0.487. The molecule has 1 N–H and O–H groups in total. The topological polar surface area (TPSA) is 18.5 Å². The Labute approximate surface area is 93.4 Å². The van der Waals surface area contributed by atoms with Gasteiger partial charge in [0.2, 0.25) is 0 Å². The predicted octanol–water partition coefficient (Wildman–Crippen LogP) is 1.13. The summed E-state index contributed by atoms with van der Waals surface area (Å²) in [5.41, 5.74) is 0. The first-order valence-corrected chi connectivity index (χ1v) is 6.45. The van der Waals surface area contributed by atoms with Gasteiger partial charge in [-0.15, -0.1) is 0 Å². The van der Waals surface area contributed by atoms with Crippen LogP contribution in [-0.4, -0.2) is 62.4 Å². The number of likely N-dealkylation sites (N-methyl/N-ethyl adjacent to an activating group) is 2. The second-order valence-electron chi connectivity index (χ2n) is 3.98. The number of rotatable bonds is 8. The summed E-state index contributed by atoms with van der Waals surface area (Å²) in [6.45, 7) is 8.93. The van der Waals surface area contributed by atoms with Crippen LogP contribution in [0.5, 0.6) is 0 Å². The molecule has 3 nitrogen and oxygen atoms in total. The third-order valence-corrected chi connectivity index (χ3v) is 2.95. The molecule has 0 bridgehead atoms. The average molecular weight is 219 g/mol. The molecule has 0 spiro atoms. The van der Waals surface area contributed by atoms with Crippen LogP contribution in [0, 0.1) is 0 Å². The second-order valence-corrected chi connectivity index (χ2v) is 4.67. The molecule has 0 saturated heterocycles. The molecular formula is C10H25N3S. The molecule has 86 valence electrons. The molecule has 0 aromatic rings. The number of nitrogens with one attached hydrogen (secondary N) is 1. The summed E-state index contributed by atoms with van der Waals surface area (Å²) in [7, 11) is 4.36. The molecule has 0 fully saturated rings. The van der Waals surface area contributed by atoms with Crippen molar-refractivity contribution >= 4 is 11.9 Å². The van der Waals surface area contributed by atoms with Gasteiger partial charge in [0, 0.05) is 32.2 Å². The molecule has 14 heavy (non-hydrogen) atoms. The molecule has 0 aliphatic rings. The van der Waals surface area contributed by atoms with Gasteiger partial charge < -0.3 is 9.80 Å². The Hall–Kier alpha value is 0.230. The predicted molar refractivity (Wildman–Crippen MR) is 66.8 cm³/mol. The lowest BCUT2D eigenvalue weighted by atomic mass is 10.3. The zero-order valence-corrected chi connectivity index (χ0v) is 11.0. The van der Waals surface area contributed by atoms with Crippen molar-refractivity contribution in [2.45, 2.75) is 19.9 Å². The molecule has 0 aromatic carbocycles. The molecule has 0 radical (unpaired) electrons. The van der Waals surface area contributed by atoms with Crippen LogP contribution in [0.4, 0.5) is 0 Å². The Bertz CT molecular complexity index is 131. The number of nitrogens with zero attached hydrogens (tertiary/aromatic N) is 2. The zero-order valence-electron chi connectivity index (χ0n) is 10.2. The third kappa shape index (κ3) is 7.62. The van der Waals surface area contributed by atoms with Crippen LogP contribution in [0.2, 0.25) is 0 Å². The minimum Gasteiger partial charge on any atom is -0.304 e. The maximum atomic E-state index is 3.25. The van der Waals surface area contributed by atoms with Crippen molar-refractivity contribution in [2.75, 3.05) is 46.5 Å². The fraction of sp³-hybridized carbons (Fsp3) is 1.00. The van der Waals surface area contributed by atoms with E-state index in [9.17, 15) is 0 Å². The van der Waals surface area contributed by atoms with Crippen LogP contribution < -0.4 is 4.72 Å². The molecule has 0 amide bonds. The minimum atomic E-state index is 0.646. The summed E-state index contributed by atoms with van der Waals surface area (Å²) in [5, 5.41) is 0. The lowest BCUT2D eigenvalue weighted by molar-refractivity contribution is 0.226. The maximum Gasteiger partial charge on any atom is 0.0186 e. The Morgan fingerprint density at radius 1 is 1.14 bits per heavy atom. The van der Waals surface area contributed by atoms with E-state index >= 15 is 0 Å². The Morgan fingerprint density at radius 2 is 1.79 bits per heavy atom. The minimum absolute atomic E-state index is 0.646. The highest BCUT2D eigenvalue weighted by Gasteiger charge is 2.04. The van der Waals surface area contributed by atoms with Crippen LogP contribution in [0.1, 0.15) is 13.8 Å². The summed E-state index contributed by atoms with van der Waals surface area (Å²) < 4.78 is 3.25. The van der Waals surface area contributed by atoms with Crippen LogP contribution in [-0.2, 0) is 0 Å². The van der Waals surface area contributed by atoms with E-state index in [4.69, 9.17) is 0 Å². The molecule has 4 heteroatoms. The van der Waals surface area contributed by atoms with Gasteiger partial charge in [0.05, 0.1) is 0 Å². The smallest absolute Gasteiger partial charge is 0.0186 e.